The van der Waals surface area contributed by atoms with Crippen molar-refractivity contribution in [3.63, 3.8) is 0 Å². The van der Waals surface area contributed by atoms with Crippen LogP contribution < -0.4 is 5.73 Å². The van der Waals surface area contributed by atoms with Gasteiger partial charge in [0, 0.05) is 18.3 Å². The molecule has 0 atom stereocenters. The van der Waals surface area contributed by atoms with Gasteiger partial charge in [-0.25, -0.2) is 0 Å². The van der Waals surface area contributed by atoms with Gasteiger partial charge < -0.3 is 5.73 Å². The first kappa shape index (κ1) is 13.1. The lowest BCUT2D eigenvalue weighted by atomic mass is 10.0. The van der Waals surface area contributed by atoms with E-state index in [0.717, 1.165) is 16.8 Å². The largest absolute Gasteiger partial charge is 0.326 e. The molecule has 2 aromatic rings. The number of benzene rings is 1. The van der Waals surface area contributed by atoms with Crippen LogP contribution in [0.4, 0.5) is 0 Å². The summed E-state index contributed by atoms with van der Waals surface area (Å²) in [6, 6.07) is 12.2. The van der Waals surface area contributed by atoms with Gasteiger partial charge in [0.05, 0.1) is 5.69 Å². The quantitative estimate of drug-likeness (QED) is 0.798. The Bertz CT molecular complexity index is 478. The van der Waals surface area contributed by atoms with E-state index in [4.69, 9.17) is 5.73 Å². The fourth-order valence-electron chi connectivity index (χ4n) is 1.63. The van der Waals surface area contributed by atoms with Gasteiger partial charge in [0.25, 0.3) is 0 Å². The number of hydrogen-bond donors (Lipinski definition) is 1. The fourth-order valence-corrected chi connectivity index (χ4v) is 1.63. The number of hydrogen-bond acceptors (Lipinski definition) is 2. The van der Waals surface area contributed by atoms with E-state index in [0.29, 0.717) is 6.54 Å². The Labute approximate surface area is 103 Å². The Hall–Kier alpha value is -1.93. The molecule has 0 unspecified atom stereocenters. The Morgan fingerprint density at radius 1 is 1.18 bits per heavy atom. The van der Waals surface area contributed by atoms with Crippen LogP contribution in [0.3, 0.4) is 0 Å². The molecule has 2 heteroatoms. The molecule has 17 heavy (non-hydrogen) atoms. The summed E-state index contributed by atoms with van der Waals surface area (Å²) in [7, 11) is 0. The predicted octanol–water partition coefficient (Wildman–Crippen LogP) is 3.32. The van der Waals surface area contributed by atoms with Gasteiger partial charge in [-0.3, -0.25) is 4.98 Å². The summed E-state index contributed by atoms with van der Waals surface area (Å²) in [5, 5.41) is 0. The highest BCUT2D eigenvalue weighted by molar-refractivity contribution is 5.63. The van der Waals surface area contributed by atoms with Gasteiger partial charge in [-0.15, -0.1) is 13.2 Å². The molecule has 0 bridgehead atoms. The van der Waals surface area contributed by atoms with Gasteiger partial charge in [-0.2, -0.15) is 0 Å². The molecule has 1 heterocycles. The maximum atomic E-state index is 5.70. The Kier molecular flexibility index (Phi) is 5.11. The lowest BCUT2D eigenvalue weighted by Crippen LogP contribution is -1.99. The van der Waals surface area contributed by atoms with Crippen molar-refractivity contribution in [3.05, 3.63) is 66.9 Å². The molecule has 0 aliphatic rings. The minimum Gasteiger partial charge on any atom is -0.326 e. The second kappa shape index (κ2) is 6.61. The molecule has 0 spiro atoms. The zero-order chi connectivity index (χ0) is 12.7. The molecule has 2 rings (SSSR count). The molecule has 1 aromatic carbocycles. The normalized spacial score (nSPS) is 9.29. The van der Waals surface area contributed by atoms with Crippen LogP contribution in [0.25, 0.3) is 11.3 Å². The number of pyridine rings is 1. The molecule has 0 amide bonds. The second-order valence-electron chi connectivity index (χ2n) is 3.58. The average molecular weight is 226 g/mol. The third-order valence-electron chi connectivity index (χ3n) is 2.43. The van der Waals surface area contributed by atoms with Crippen molar-refractivity contribution in [3.8, 4) is 11.3 Å². The van der Waals surface area contributed by atoms with Crippen molar-refractivity contribution in [2.24, 2.45) is 5.73 Å². The van der Waals surface area contributed by atoms with Crippen molar-refractivity contribution in [1.82, 2.24) is 4.98 Å². The zero-order valence-electron chi connectivity index (χ0n) is 10.2. The molecule has 0 fully saturated rings. The highest BCUT2D eigenvalue weighted by Crippen LogP contribution is 2.21. The summed E-state index contributed by atoms with van der Waals surface area (Å²) >= 11 is 0. The smallest absolute Gasteiger partial charge is 0.0707 e. The summed E-state index contributed by atoms with van der Waals surface area (Å²) in [6.07, 6.45) is 1.83. The summed E-state index contributed by atoms with van der Waals surface area (Å²) in [5.41, 5.74) is 10.2. The van der Waals surface area contributed by atoms with E-state index in [1.165, 1.54) is 5.56 Å². The number of aryl methyl sites for hydroxylation is 1. The maximum absolute atomic E-state index is 5.70. The van der Waals surface area contributed by atoms with Crippen LogP contribution in [0.2, 0.25) is 0 Å². The monoisotopic (exact) mass is 226 g/mol. The van der Waals surface area contributed by atoms with Crippen molar-refractivity contribution in [2.75, 3.05) is 0 Å². The van der Waals surface area contributed by atoms with E-state index in [2.05, 4.69) is 37.2 Å². The summed E-state index contributed by atoms with van der Waals surface area (Å²) in [4.78, 5) is 4.36. The molecule has 0 aliphatic heterocycles. The van der Waals surface area contributed by atoms with E-state index < -0.39 is 0 Å². The summed E-state index contributed by atoms with van der Waals surface area (Å²) < 4.78 is 0. The molecule has 2 N–H and O–H groups in total. The minimum absolute atomic E-state index is 0.547. The first-order valence-corrected chi connectivity index (χ1v) is 5.52. The molecule has 88 valence electrons. The molecule has 0 radical (unpaired) electrons. The number of nitrogens with zero attached hydrogens (tertiary/aromatic N) is 1. The van der Waals surface area contributed by atoms with E-state index in [1.807, 2.05) is 30.5 Å². The first-order valence-electron chi connectivity index (χ1n) is 5.52. The van der Waals surface area contributed by atoms with Crippen molar-refractivity contribution >= 4 is 0 Å². The molecule has 0 saturated heterocycles. The molecule has 2 nitrogen and oxygen atoms in total. The number of rotatable bonds is 2. The van der Waals surface area contributed by atoms with Crippen molar-refractivity contribution in [2.45, 2.75) is 13.5 Å². The highest BCUT2D eigenvalue weighted by atomic mass is 14.7. The number of nitrogens with two attached hydrogens (primary N) is 1. The Balaban J connectivity index is 0.000000686. The van der Waals surface area contributed by atoms with Gasteiger partial charge in [0.15, 0.2) is 0 Å². The Morgan fingerprint density at radius 3 is 2.53 bits per heavy atom. The summed E-state index contributed by atoms with van der Waals surface area (Å²) in [5.74, 6) is 0. The molecule has 1 aromatic heterocycles. The van der Waals surface area contributed by atoms with Crippen molar-refractivity contribution < 1.29 is 0 Å². The minimum atomic E-state index is 0.547. The van der Waals surface area contributed by atoms with Crippen LogP contribution in [-0.2, 0) is 6.54 Å². The highest BCUT2D eigenvalue weighted by Gasteiger charge is 2.03. The van der Waals surface area contributed by atoms with E-state index >= 15 is 0 Å². The van der Waals surface area contributed by atoms with Gasteiger partial charge >= 0.3 is 0 Å². The van der Waals surface area contributed by atoms with Crippen LogP contribution in [-0.4, -0.2) is 4.98 Å². The zero-order valence-corrected chi connectivity index (χ0v) is 10.2. The first-order chi connectivity index (χ1) is 8.31. The molecule has 0 aliphatic carbocycles. The third kappa shape index (κ3) is 3.26. The second-order valence-corrected chi connectivity index (χ2v) is 3.58. The van der Waals surface area contributed by atoms with Crippen LogP contribution in [0.1, 0.15) is 11.1 Å². The van der Waals surface area contributed by atoms with Crippen LogP contribution in [0.5, 0.6) is 0 Å². The third-order valence-corrected chi connectivity index (χ3v) is 2.43. The van der Waals surface area contributed by atoms with Crippen LogP contribution in [0.15, 0.2) is 55.8 Å². The molecule has 0 saturated carbocycles. The number of aromatic nitrogens is 1. The maximum Gasteiger partial charge on any atom is 0.0707 e. The standard InChI is InChI=1S/C13H14N2.C2H4/c1-10-6-7-15-13(8-10)12-5-3-2-4-11(12)9-14;1-2/h2-8H,9,14H2,1H3;1-2H2. The Morgan fingerprint density at radius 2 is 1.88 bits per heavy atom. The lowest BCUT2D eigenvalue weighted by Gasteiger charge is -2.07. The van der Waals surface area contributed by atoms with Crippen LogP contribution >= 0.6 is 0 Å². The van der Waals surface area contributed by atoms with E-state index in [1.54, 1.807) is 0 Å². The predicted molar refractivity (Wildman–Crippen MR) is 73.6 cm³/mol. The molecular weight excluding hydrogens is 208 g/mol. The van der Waals surface area contributed by atoms with E-state index in [9.17, 15) is 0 Å². The average Bonchev–Trinajstić information content (AvgIpc) is 2.41. The molecular formula is C15H18N2. The summed E-state index contributed by atoms with van der Waals surface area (Å²) in [6.45, 7) is 8.61. The SMILES string of the molecule is C=C.Cc1ccnc(-c2ccccc2CN)c1. The van der Waals surface area contributed by atoms with E-state index in [-0.39, 0.29) is 0 Å². The lowest BCUT2D eigenvalue weighted by molar-refractivity contribution is 1.07. The van der Waals surface area contributed by atoms with Gasteiger partial charge in [0.1, 0.15) is 0 Å². The topological polar surface area (TPSA) is 38.9 Å². The van der Waals surface area contributed by atoms with Crippen molar-refractivity contribution in [1.29, 1.82) is 0 Å². The van der Waals surface area contributed by atoms with Gasteiger partial charge in [-0.1, -0.05) is 24.3 Å². The van der Waals surface area contributed by atoms with Crippen LogP contribution in [0, 0.1) is 6.92 Å². The van der Waals surface area contributed by atoms with Gasteiger partial charge in [0.2, 0.25) is 0 Å². The fraction of sp³-hybridized carbons (Fsp3) is 0.133. The van der Waals surface area contributed by atoms with Gasteiger partial charge in [-0.05, 0) is 30.2 Å².